The van der Waals surface area contributed by atoms with Gasteiger partial charge in [0.25, 0.3) is 0 Å². The van der Waals surface area contributed by atoms with E-state index in [1.54, 1.807) is 6.20 Å². The highest BCUT2D eigenvalue weighted by atomic mass is 16.3. The summed E-state index contributed by atoms with van der Waals surface area (Å²) in [6.07, 6.45) is 4.36. The van der Waals surface area contributed by atoms with Gasteiger partial charge in [-0.25, -0.2) is 0 Å². The summed E-state index contributed by atoms with van der Waals surface area (Å²) in [6, 6.07) is 4.71. The lowest BCUT2D eigenvalue weighted by Gasteiger charge is -2.22. The van der Waals surface area contributed by atoms with Crippen LogP contribution in [0.3, 0.4) is 0 Å². The highest BCUT2D eigenvalue weighted by Crippen LogP contribution is 2.31. The van der Waals surface area contributed by atoms with Crippen LogP contribution >= 0.6 is 0 Å². The molecule has 1 aromatic rings. The van der Waals surface area contributed by atoms with Crippen molar-refractivity contribution < 1.29 is 5.11 Å². The van der Waals surface area contributed by atoms with E-state index in [9.17, 15) is 0 Å². The molecule has 0 saturated heterocycles. The lowest BCUT2D eigenvalue weighted by Crippen LogP contribution is -2.25. The van der Waals surface area contributed by atoms with E-state index in [1.165, 1.54) is 18.5 Å². The molecule has 0 aliphatic heterocycles. The standard InChI is InChI=1S/C11H16N2O/c1-2-13(10-3-4-10)11-5-6-12-9(7-11)8-14/h5-7,10,14H,2-4,8H2,1H3. The summed E-state index contributed by atoms with van der Waals surface area (Å²) >= 11 is 0. The minimum absolute atomic E-state index is 0.0239. The second-order valence-electron chi connectivity index (χ2n) is 3.68. The summed E-state index contributed by atoms with van der Waals surface area (Å²) < 4.78 is 0. The van der Waals surface area contributed by atoms with E-state index in [2.05, 4.69) is 16.8 Å². The fourth-order valence-corrected chi connectivity index (χ4v) is 1.77. The number of hydrogen-bond acceptors (Lipinski definition) is 3. The average Bonchev–Trinajstić information content (AvgIpc) is 3.04. The van der Waals surface area contributed by atoms with Gasteiger partial charge in [0.1, 0.15) is 0 Å². The quantitative estimate of drug-likeness (QED) is 0.786. The molecule has 1 aromatic heterocycles. The van der Waals surface area contributed by atoms with E-state index in [-0.39, 0.29) is 6.61 Å². The van der Waals surface area contributed by atoms with Crippen LogP contribution in [0.2, 0.25) is 0 Å². The molecule has 0 unspecified atom stereocenters. The first-order valence-corrected chi connectivity index (χ1v) is 5.17. The second-order valence-corrected chi connectivity index (χ2v) is 3.68. The Bertz CT molecular complexity index is 310. The Morgan fingerprint density at radius 1 is 1.57 bits per heavy atom. The second kappa shape index (κ2) is 3.96. The van der Waals surface area contributed by atoms with E-state index in [4.69, 9.17) is 5.11 Å². The van der Waals surface area contributed by atoms with Crippen molar-refractivity contribution in [1.29, 1.82) is 0 Å². The maximum absolute atomic E-state index is 8.99. The third-order valence-electron chi connectivity index (χ3n) is 2.62. The van der Waals surface area contributed by atoms with Crippen molar-refractivity contribution in [1.82, 2.24) is 4.98 Å². The van der Waals surface area contributed by atoms with E-state index < -0.39 is 0 Å². The molecule has 1 heterocycles. The van der Waals surface area contributed by atoms with Gasteiger partial charge in [-0.3, -0.25) is 4.98 Å². The Kier molecular flexibility index (Phi) is 2.68. The molecule has 3 heteroatoms. The summed E-state index contributed by atoms with van der Waals surface area (Å²) in [4.78, 5) is 6.45. The van der Waals surface area contributed by atoms with Gasteiger partial charge in [0.15, 0.2) is 0 Å². The van der Waals surface area contributed by atoms with E-state index in [0.717, 1.165) is 12.2 Å². The number of pyridine rings is 1. The summed E-state index contributed by atoms with van der Waals surface area (Å²) in [6.45, 7) is 3.22. The molecular formula is C11H16N2O. The van der Waals surface area contributed by atoms with Gasteiger partial charge in [0.2, 0.25) is 0 Å². The number of aliphatic hydroxyl groups is 1. The first kappa shape index (κ1) is 9.46. The summed E-state index contributed by atoms with van der Waals surface area (Å²) in [5.41, 5.74) is 1.94. The van der Waals surface area contributed by atoms with Gasteiger partial charge in [0.05, 0.1) is 12.3 Å². The fraction of sp³-hybridized carbons (Fsp3) is 0.545. The molecule has 0 atom stereocenters. The van der Waals surface area contributed by atoms with Crippen LogP contribution in [0.4, 0.5) is 5.69 Å². The van der Waals surface area contributed by atoms with Crippen LogP contribution in [0.5, 0.6) is 0 Å². The van der Waals surface area contributed by atoms with Crippen molar-refractivity contribution in [2.75, 3.05) is 11.4 Å². The maximum Gasteiger partial charge on any atom is 0.0853 e. The topological polar surface area (TPSA) is 36.4 Å². The number of aromatic nitrogens is 1. The number of hydrogen-bond donors (Lipinski definition) is 1. The average molecular weight is 192 g/mol. The molecule has 1 fully saturated rings. The van der Waals surface area contributed by atoms with Crippen molar-refractivity contribution in [3.63, 3.8) is 0 Å². The van der Waals surface area contributed by atoms with Gasteiger partial charge in [-0.05, 0) is 31.9 Å². The van der Waals surface area contributed by atoms with Crippen molar-refractivity contribution in [2.24, 2.45) is 0 Å². The lowest BCUT2D eigenvalue weighted by molar-refractivity contribution is 0.277. The highest BCUT2D eigenvalue weighted by molar-refractivity contribution is 5.48. The zero-order chi connectivity index (χ0) is 9.97. The molecule has 1 N–H and O–H groups in total. The number of nitrogens with zero attached hydrogens (tertiary/aromatic N) is 2. The Balaban J connectivity index is 2.20. The van der Waals surface area contributed by atoms with Crippen molar-refractivity contribution >= 4 is 5.69 Å². The minimum Gasteiger partial charge on any atom is -0.390 e. The summed E-state index contributed by atoms with van der Waals surface area (Å²) in [5.74, 6) is 0. The molecule has 1 saturated carbocycles. The predicted octanol–water partition coefficient (Wildman–Crippen LogP) is 1.56. The Labute approximate surface area is 84.4 Å². The number of anilines is 1. The van der Waals surface area contributed by atoms with Crippen LogP contribution in [0.15, 0.2) is 18.3 Å². The van der Waals surface area contributed by atoms with Gasteiger partial charge in [-0.2, -0.15) is 0 Å². The van der Waals surface area contributed by atoms with Crippen molar-refractivity contribution in [3.8, 4) is 0 Å². The monoisotopic (exact) mass is 192 g/mol. The molecule has 0 radical (unpaired) electrons. The number of aliphatic hydroxyl groups excluding tert-OH is 1. The Morgan fingerprint density at radius 3 is 2.93 bits per heavy atom. The third kappa shape index (κ3) is 1.87. The SMILES string of the molecule is CCN(c1ccnc(CO)c1)C1CC1. The Morgan fingerprint density at radius 2 is 2.36 bits per heavy atom. The molecule has 76 valence electrons. The normalized spacial score (nSPS) is 15.6. The first-order valence-electron chi connectivity index (χ1n) is 5.17. The Hall–Kier alpha value is -1.09. The third-order valence-corrected chi connectivity index (χ3v) is 2.62. The van der Waals surface area contributed by atoms with Crippen LogP contribution in [-0.4, -0.2) is 22.7 Å². The zero-order valence-electron chi connectivity index (χ0n) is 8.48. The van der Waals surface area contributed by atoms with Gasteiger partial charge in [-0.1, -0.05) is 0 Å². The number of rotatable bonds is 4. The molecule has 14 heavy (non-hydrogen) atoms. The van der Waals surface area contributed by atoms with Crippen LogP contribution in [0, 0.1) is 0 Å². The fourth-order valence-electron chi connectivity index (χ4n) is 1.77. The first-order chi connectivity index (χ1) is 6.85. The lowest BCUT2D eigenvalue weighted by atomic mass is 10.3. The van der Waals surface area contributed by atoms with Crippen LogP contribution in [-0.2, 0) is 6.61 Å². The molecule has 0 spiro atoms. The molecular weight excluding hydrogens is 176 g/mol. The van der Waals surface area contributed by atoms with Crippen LogP contribution < -0.4 is 4.90 Å². The van der Waals surface area contributed by atoms with Gasteiger partial charge < -0.3 is 10.0 Å². The highest BCUT2D eigenvalue weighted by Gasteiger charge is 2.28. The molecule has 0 amide bonds. The van der Waals surface area contributed by atoms with Gasteiger partial charge in [-0.15, -0.1) is 0 Å². The smallest absolute Gasteiger partial charge is 0.0853 e. The minimum atomic E-state index is 0.0239. The molecule has 1 aliphatic rings. The summed E-state index contributed by atoms with van der Waals surface area (Å²) in [5, 5.41) is 8.99. The van der Waals surface area contributed by atoms with Crippen LogP contribution in [0.1, 0.15) is 25.5 Å². The van der Waals surface area contributed by atoms with Gasteiger partial charge >= 0.3 is 0 Å². The van der Waals surface area contributed by atoms with E-state index in [1.807, 2.05) is 12.1 Å². The zero-order valence-corrected chi connectivity index (χ0v) is 8.48. The molecule has 0 aromatic carbocycles. The predicted molar refractivity (Wildman–Crippen MR) is 56.2 cm³/mol. The molecule has 3 nitrogen and oxygen atoms in total. The van der Waals surface area contributed by atoms with Crippen LogP contribution in [0.25, 0.3) is 0 Å². The molecule has 2 rings (SSSR count). The van der Waals surface area contributed by atoms with Crippen molar-refractivity contribution in [3.05, 3.63) is 24.0 Å². The van der Waals surface area contributed by atoms with Crippen molar-refractivity contribution in [2.45, 2.75) is 32.4 Å². The largest absolute Gasteiger partial charge is 0.390 e. The maximum atomic E-state index is 8.99. The van der Waals surface area contributed by atoms with Gasteiger partial charge in [0, 0.05) is 24.5 Å². The molecule has 0 bridgehead atoms. The van der Waals surface area contributed by atoms with E-state index in [0.29, 0.717) is 6.04 Å². The molecule has 1 aliphatic carbocycles. The summed E-state index contributed by atoms with van der Waals surface area (Å²) in [7, 11) is 0. The van der Waals surface area contributed by atoms with E-state index >= 15 is 0 Å².